The normalized spacial score (nSPS) is 10.1. The summed E-state index contributed by atoms with van der Waals surface area (Å²) in [6, 6.07) is 7.13. The average molecular weight is 265 g/mol. The van der Waals surface area contributed by atoms with Crippen molar-refractivity contribution in [3.05, 3.63) is 47.2 Å². The molecule has 1 heterocycles. The molecule has 5 heteroatoms. The number of hydrogen-bond acceptors (Lipinski definition) is 4. The zero-order chi connectivity index (χ0) is 13.0. The summed E-state index contributed by atoms with van der Waals surface area (Å²) in [5, 5.41) is 13.6. The van der Waals surface area contributed by atoms with Crippen LogP contribution in [0.1, 0.15) is 5.56 Å². The van der Waals surface area contributed by atoms with Gasteiger partial charge in [0.25, 0.3) is 0 Å². The van der Waals surface area contributed by atoms with Gasteiger partial charge in [-0.2, -0.15) is 0 Å². The number of methoxy groups -OCH3 is 1. The smallest absolute Gasteiger partial charge is 0.162 e. The highest BCUT2D eigenvalue weighted by molar-refractivity contribution is 6.33. The number of phenols is 1. The number of ether oxygens (including phenoxy) is 1. The van der Waals surface area contributed by atoms with Gasteiger partial charge in [-0.05, 0) is 12.1 Å². The lowest BCUT2D eigenvalue weighted by Gasteiger charge is -2.11. The van der Waals surface area contributed by atoms with Crippen molar-refractivity contribution in [1.29, 1.82) is 0 Å². The zero-order valence-electron chi connectivity index (χ0n) is 9.85. The summed E-state index contributed by atoms with van der Waals surface area (Å²) in [6.45, 7) is 0.451. The van der Waals surface area contributed by atoms with Crippen LogP contribution < -0.4 is 10.1 Å². The van der Waals surface area contributed by atoms with Gasteiger partial charge in [-0.3, -0.25) is 4.98 Å². The molecule has 2 N–H and O–H groups in total. The number of anilines is 1. The lowest BCUT2D eigenvalue weighted by Crippen LogP contribution is -2.01. The molecule has 1 aromatic carbocycles. The molecule has 0 bridgehead atoms. The minimum atomic E-state index is 0.137. The van der Waals surface area contributed by atoms with Crippen molar-refractivity contribution in [2.75, 3.05) is 12.4 Å². The number of halogens is 1. The van der Waals surface area contributed by atoms with Crippen LogP contribution in [0.25, 0.3) is 0 Å². The molecule has 0 fully saturated rings. The summed E-state index contributed by atoms with van der Waals surface area (Å²) in [4.78, 5) is 3.90. The number of benzene rings is 1. The number of nitrogens with zero attached hydrogens (tertiary/aromatic N) is 1. The molecule has 0 spiro atoms. The Hall–Kier alpha value is -1.94. The summed E-state index contributed by atoms with van der Waals surface area (Å²) in [7, 11) is 1.52. The van der Waals surface area contributed by atoms with E-state index in [0.29, 0.717) is 17.3 Å². The molecule has 0 unspecified atom stereocenters. The van der Waals surface area contributed by atoms with Crippen LogP contribution in [-0.2, 0) is 6.54 Å². The molecule has 1 aromatic heterocycles. The second-order valence-corrected chi connectivity index (χ2v) is 4.08. The quantitative estimate of drug-likeness (QED) is 0.891. The maximum atomic E-state index is 9.93. The van der Waals surface area contributed by atoms with E-state index in [2.05, 4.69) is 10.3 Å². The fourth-order valence-corrected chi connectivity index (χ4v) is 1.77. The highest BCUT2D eigenvalue weighted by Crippen LogP contribution is 2.30. The number of rotatable bonds is 4. The van der Waals surface area contributed by atoms with Gasteiger partial charge in [0.2, 0.25) is 0 Å². The van der Waals surface area contributed by atoms with Gasteiger partial charge < -0.3 is 15.2 Å². The number of para-hydroxylation sites is 1. The van der Waals surface area contributed by atoms with Gasteiger partial charge in [0.05, 0.1) is 17.8 Å². The van der Waals surface area contributed by atoms with Gasteiger partial charge in [0, 0.05) is 24.5 Å². The van der Waals surface area contributed by atoms with Crippen LogP contribution in [0.4, 0.5) is 5.69 Å². The maximum Gasteiger partial charge on any atom is 0.162 e. The number of aromatic hydroxyl groups is 1. The van der Waals surface area contributed by atoms with Crippen LogP contribution in [0.5, 0.6) is 11.5 Å². The molecule has 18 heavy (non-hydrogen) atoms. The summed E-state index contributed by atoms with van der Waals surface area (Å²) in [6.07, 6.45) is 3.22. The van der Waals surface area contributed by atoms with Crippen LogP contribution in [0, 0.1) is 0 Å². The van der Waals surface area contributed by atoms with E-state index >= 15 is 0 Å². The lowest BCUT2D eigenvalue weighted by atomic mass is 10.2. The molecule has 0 aliphatic carbocycles. The van der Waals surface area contributed by atoms with Gasteiger partial charge >= 0.3 is 0 Å². The van der Waals surface area contributed by atoms with Crippen molar-refractivity contribution < 1.29 is 9.84 Å². The molecule has 0 saturated carbocycles. The third kappa shape index (κ3) is 2.65. The Labute approximate surface area is 110 Å². The molecule has 0 aliphatic heterocycles. The summed E-state index contributed by atoms with van der Waals surface area (Å²) < 4.78 is 5.05. The largest absolute Gasteiger partial charge is 0.504 e. The van der Waals surface area contributed by atoms with Gasteiger partial charge in [0.1, 0.15) is 0 Å². The molecule has 0 radical (unpaired) electrons. The predicted molar refractivity (Wildman–Crippen MR) is 71.2 cm³/mol. The van der Waals surface area contributed by atoms with E-state index in [1.165, 1.54) is 7.11 Å². The van der Waals surface area contributed by atoms with E-state index < -0.39 is 0 Å². The Morgan fingerprint density at radius 2 is 2.22 bits per heavy atom. The van der Waals surface area contributed by atoms with E-state index in [-0.39, 0.29) is 5.75 Å². The summed E-state index contributed by atoms with van der Waals surface area (Å²) in [5.74, 6) is 0.591. The first-order valence-corrected chi connectivity index (χ1v) is 5.78. The fourth-order valence-electron chi connectivity index (χ4n) is 1.58. The fraction of sp³-hybridized carbons (Fsp3) is 0.154. The molecule has 94 valence electrons. The third-order valence-corrected chi connectivity index (χ3v) is 2.85. The van der Waals surface area contributed by atoms with E-state index in [0.717, 1.165) is 11.3 Å². The van der Waals surface area contributed by atoms with Crippen molar-refractivity contribution in [2.45, 2.75) is 6.54 Å². The Bertz CT molecular complexity index is 546. The van der Waals surface area contributed by atoms with Crippen LogP contribution in [0.3, 0.4) is 0 Å². The molecule has 0 saturated heterocycles. The second kappa shape index (κ2) is 5.60. The highest BCUT2D eigenvalue weighted by atomic mass is 35.5. The van der Waals surface area contributed by atoms with Crippen molar-refractivity contribution in [3.63, 3.8) is 0 Å². The molecule has 0 aliphatic rings. The first kappa shape index (κ1) is 12.5. The number of hydrogen-bond donors (Lipinski definition) is 2. The molecule has 0 amide bonds. The Morgan fingerprint density at radius 1 is 1.39 bits per heavy atom. The topological polar surface area (TPSA) is 54.4 Å². The minimum Gasteiger partial charge on any atom is -0.504 e. The van der Waals surface area contributed by atoms with Crippen molar-refractivity contribution in [1.82, 2.24) is 4.98 Å². The predicted octanol–water partition coefficient (Wildman–Crippen LogP) is 3.06. The molecule has 2 rings (SSSR count). The summed E-state index contributed by atoms with van der Waals surface area (Å²) in [5.41, 5.74) is 1.51. The maximum absolute atomic E-state index is 9.93. The van der Waals surface area contributed by atoms with E-state index in [4.69, 9.17) is 16.3 Å². The first-order valence-electron chi connectivity index (χ1n) is 5.40. The van der Waals surface area contributed by atoms with Gasteiger partial charge in [-0.15, -0.1) is 0 Å². The SMILES string of the molecule is COc1cccc(CNc2ccncc2Cl)c1O. The Kier molecular flexibility index (Phi) is 3.89. The standard InChI is InChI=1S/C13H13ClN2O2/c1-18-12-4-2-3-9(13(12)17)7-16-11-5-6-15-8-10(11)14/h2-6,8,17H,7H2,1H3,(H,15,16). The number of phenolic OH excluding ortho intramolecular Hbond substituents is 1. The monoisotopic (exact) mass is 264 g/mol. The molecule has 2 aromatic rings. The zero-order valence-corrected chi connectivity index (χ0v) is 10.6. The highest BCUT2D eigenvalue weighted by Gasteiger charge is 2.07. The van der Waals surface area contributed by atoms with Crippen LogP contribution in [0.2, 0.25) is 5.02 Å². The Balaban J connectivity index is 2.14. The van der Waals surface area contributed by atoms with Crippen LogP contribution in [0.15, 0.2) is 36.7 Å². The van der Waals surface area contributed by atoms with Gasteiger partial charge in [0.15, 0.2) is 11.5 Å². The number of nitrogens with one attached hydrogen (secondary N) is 1. The molecule has 0 atom stereocenters. The van der Waals surface area contributed by atoms with Crippen molar-refractivity contribution in [3.8, 4) is 11.5 Å². The van der Waals surface area contributed by atoms with Crippen molar-refractivity contribution in [2.24, 2.45) is 0 Å². The molecular weight excluding hydrogens is 252 g/mol. The van der Waals surface area contributed by atoms with E-state index in [1.54, 1.807) is 24.5 Å². The van der Waals surface area contributed by atoms with Gasteiger partial charge in [-0.25, -0.2) is 0 Å². The van der Waals surface area contributed by atoms with E-state index in [9.17, 15) is 5.11 Å². The molecular formula is C13H13ClN2O2. The minimum absolute atomic E-state index is 0.137. The van der Waals surface area contributed by atoms with Crippen LogP contribution >= 0.6 is 11.6 Å². The summed E-state index contributed by atoms with van der Waals surface area (Å²) >= 11 is 5.98. The first-order chi connectivity index (χ1) is 8.72. The number of aromatic nitrogens is 1. The Morgan fingerprint density at radius 3 is 2.94 bits per heavy atom. The van der Waals surface area contributed by atoms with Crippen LogP contribution in [-0.4, -0.2) is 17.2 Å². The van der Waals surface area contributed by atoms with E-state index in [1.807, 2.05) is 12.1 Å². The lowest BCUT2D eigenvalue weighted by molar-refractivity contribution is 0.371. The van der Waals surface area contributed by atoms with Gasteiger partial charge in [-0.1, -0.05) is 23.7 Å². The van der Waals surface area contributed by atoms with Crippen molar-refractivity contribution >= 4 is 17.3 Å². The average Bonchev–Trinajstić information content (AvgIpc) is 2.39. The third-order valence-electron chi connectivity index (χ3n) is 2.54. The number of pyridine rings is 1. The second-order valence-electron chi connectivity index (χ2n) is 3.68. The molecule has 4 nitrogen and oxygen atoms in total.